The van der Waals surface area contributed by atoms with Crippen LogP contribution in [0.5, 0.6) is 0 Å². The average molecular weight is 280 g/mol. The van der Waals surface area contributed by atoms with Gasteiger partial charge in [-0.05, 0) is 38.2 Å². The quantitative estimate of drug-likeness (QED) is 0.730. The van der Waals surface area contributed by atoms with Crippen LogP contribution in [-0.2, 0) is 19.0 Å². The van der Waals surface area contributed by atoms with E-state index in [-0.39, 0.29) is 34.4 Å². The average Bonchev–Trinajstić information content (AvgIpc) is 2.87. The summed E-state index contributed by atoms with van der Waals surface area (Å²) in [7, 11) is 1.46. The third-order valence-electron chi connectivity index (χ3n) is 6.02. The summed E-state index contributed by atoms with van der Waals surface area (Å²) in [5.41, 5.74) is -0.668. The van der Waals surface area contributed by atoms with Gasteiger partial charge in [-0.3, -0.25) is 4.79 Å². The summed E-state index contributed by atoms with van der Waals surface area (Å²) in [4.78, 5) is 11.8. The molecule has 0 amide bonds. The SMILES string of the molecule is COC(=O)[C@@H](C)[C@@H]1CC[C@@]2(C)CO[C@]3(C)C=CO[C@]23C1. The predicted molar refractivity (Wildman–Crippen MR) is 73.9 cm³/mol. The van der Waals surface area contributed by atoms with E-state index in [2.05, 4.69) is 13.8 Å². The number of carbonyl (C=O) groups is 1. The van der Waals surface area contributed by atoms with Crippen LogP contribution in [0.2, 0.25) is 0 Å². The fourth-order valence-corrected chi connectivity index (χ4v) is 4.42. The molecule has 1 saturated carbocycles. The van der Waals surface area contributed by atoms with Crippen LogP contribution in [0, 0.1) is 17.3 Å². The molecule has 0 N–H and O–H groups in total. The van der Waals surface area contributed by atoms with Gasteiger partial charge in [-0.1, -0.05) is 13.8 Å². The van der Waals surface area contributed by atoms with Gasteiger partial charge < -0.3 is 14.2 Å². The molecule has 2 heterocycles. The number of methoxy groups -OCH3 is 1. The van der Waals surface area contributed by atoms with Gasteiger partial charge >= 0.3 is 5.97 Å². The highest BCUT2D eigenvalue weighted by Gasteiger charge is 2.70. The molecular formula is C16H24O4. The standard InChI is InChI=1S/C16H24O4/c1-11(13(17)18-4)12-5-6-14(2)10-20-15(3)7-8-19-16(14,15)9-12/h7-8,11-12H,5-6,9-10H2,1-4H3/t11-,12+,14-,15+,16+/m0/s1. The molecule has 2 aliphatic heterocycles. The van der Waals surface area contributed by atoms with Crippen molar-refractivity contribution in [1.29, 1.82) is 0 Å². The topological polar surface area (TPSA) is 44.8 Å². The Bertz CT molecular complexity index is 459. The molecule has 1 aliphatic carbocycles. The van der Waals surface area contributed by atoms with Crippen molar-refractivity contribution in [3.63, 3.8) is 0 Å². The third kappa shape index (κ3) is 1.54. The van der Waals surface area contributed by atoms with Crippen LogP contribution in [0.4, 0.5) is 0 Å². The maximum Gasteiger partial charge on any atom is 0.308 e. The molecule has 4 nitrogen and oxygen atoms in total. The van der Waals surface area contributed by atoms with Gasteiger partial charge in [0, 0.05) is 5.41 Å². The molecule has 1 saturated heterocycles. The van der Waals surface area contributed by atoms with E-state index in [0.717, 1.165) is 25.9 Å². The van der Waals surface area contributed by atoms with Crippen molar-refractivity contribution >= 4 is 5.97 Å². The molecule has 0 radical (unpaired) electrons. The van der Waals surface area contributed by atoms with E-state index in [4.69, 9.17) is 14.2 Å². The lowest BCUT2D eigenvalue weighted by molar-refractivity contribution is -0.156. The normalized spacial score (nSPS) is 47.3. The van der Waals surface area contributed by atoms with Gasteiger partial charge in [0.1, 0.15) is 11.2 Å². The van der Waals surface area contributed by atoms with Gasteiger partial charge in [0.05, 0.1) is 25.9 Å². The van der Waals surface area contributed by atoms with E-state index in [0.29, 0.717) is 0 Å². The molecule has 0 bridgehead atoms. The molecule has 20 heavy (non-hydrogen) atoms. The minimum absolute atomic E-state index is 0.0254. The van der Waals surface area contributed by atoms with Crippen LogP contribution in [0.15, 0.2) is 12.3 Å². The van der Waals surface area contributed by atoms with Gasteiger partial charge in [0.25, 0.3) is 0 Å². The summed E-state index contributed by atoms with van der Waals surface area (Å²) in [5.74, 6) is 0.0750. The first-order valence-electron chi connectivity index (χ1n) is 7.45. The summed E-state index contributed by atoms with van der Waals surface area (Å²) in [6, 6.07) is 0. The second kappa shape index (κ2) is 4.23. The maximum atomic E-state index is 11.8. The molecule has 0 unspecified atom stereocenters. The van der Waals surface area contributed by atoms with E-state index < -0.39 is 0 Å². The van der Waals surface area contributed by atoms with E-state index in [1.807, 2.05) is 13.0 Å². The van der Waals surface area contributed by atoms with E-state index in [1.54, 1.807) is 6.26 Å². The number of hydrogen-bond donors (Lipinski definition) is 0. The molecule has 2 fully saturated rings. The summed E-state index contributed by atoms with van der Waals surface area (Å²) in [6.45, 7) is 7.05. The van der Waals surface area contributed by atoms with Crippen LogP contribution in [0.25, 0.3) is 0 Å². The molecule has 4 heteroatoms. The Hall–Kier alpha value is -1.03. The lowest BCUT2D eigenvalue weighted by atomic mass is 9.56. The fourth-order valence-electron chi connectivity index (χ4n) is 4.42. The Balaban J connectivity index is 1.89. The van der Waals surface area contributed by atoms with Gasteiger partial charge in [-0.25, -0.2) is 0 Å². The minimum Gasteiger partial charge on any atom is -0.491 e. The monoisotopic (exact) mass is 280 g/mol. The van der Waals surface area contributed by atoms with Gasteiger partial charge in [0.15, 0.2) is 0 Å². The third-order valence-corrected chi connectivity index (χ3v) is 6.02. The molecule has 0 aromatic rings. The smallest absolute Gasteiger partial charge is 0.308 e. The first kappa shape index (κ1) is 13.9. The van der Waals surface area contributed by atoms with Crippen molar-refractivity contribution in [2.45, 2.75) is 51.2 Å². The maximum absolute atomic E-state index is 11.8. The predicted octanol–water partition coefficient (Wildman–Crippen LogP) is 2.67. The second-order valence-electron chi connectivity index (χ2n) is 7.02. The van der Waals surface area contributed by atoms with Crippen LogP contribution >= 0.6 is 0 Å². The molecule has 5 atom stereocenters. The van der Waals surface area contributed by atoms with Crippen LogP contribution in [-0.4, -0.2) is 30.9 Å². The van der Waals surface area contributed by atoms with Gasteiger partial charge in [-0.15, -0.1) is 0 Å². The zero-order valence-corrected chi connectivity index (χ0v) is 12.8. The van der Waals surface area contributed by atoms with Crippen molar-refractivity contribution in [2.24, 2.45) is 17.3 Å². The molecule has 3 rings (SSSR count). The second-order valence-corrected chi connectivity index (χ2v) is 7.02. The first-order chi connectivity index (χ1) is 9.37. The van der Waals surface area contributed by atoms with Crippen molar-refractivity contribution in [3.05, 3.63) is 12.3 Å². The lowest BCUT2D eigenvalue weighted by Crippen LogP contribution is -2.58. The van der Waals surface area contributed by atoms with Gasteiger partial charge in [-0.2, -0.15) is 0 Å². The Labute approximate surface area is 120 Å². The number of rotatable bonds is 2. The number of hydrogen-bond acceptors (Lipinski definition) is 4. The Morgan fingerprint density at radius 1 is 1.45 bits per heavy atom. The van der Waals surface area contributed by atoms with Crippen LogP contribution < -0.4 is 0 Å². The molecule has 112 valence electrons. The van der Waals surface area contributed by atoms with Crippen LogP contribution in [0.3, 0.4) is 0 Å². The summed E-state index contributed by atoms with van der Waals surface area (Å²) >= 11 is 0. The van der Waals surface area contributed by atoms with E-state index in [1.165, 1.54) is 7.11 Å². The lowest BCUT2D eigenvalue weighted by Gasteiger charge is -2.50. The Morgan fingerprint density at radius 3 is 2.90 bits per heavy atom. The Morgan fingerprint density at radius 2 is 2.20 bits per heavy atom. The number of carbonyl (C=O) groups excluding carboxylic acids is 1. The zero-order chi connectivity index (χ0) is 14.6. The van der Waals surface area contributed by atoms with Crippen molar-refractivity contribution in [3.8, 4) is 0 Å². The minimum atomic E-state index is -0.365. The molecule has 0 aromatic carbocycles. The highest BCUT2D eigenvalue weighted by atomic mass is 16.6. The van der Waals surface area contributed by atoms with Crippen LogP contribution in [0.1, 0.15) is 40.0 Å². The highest BCUT2D eigenvalue weighted by Crippen LogP contribution is 2.62. The van der Waals surface area contributed by atoms with Gasteiger partial charge in [0.2, 0.25) is 0 Å². The van der Waals surface area contributed by atoms with E-state index >= 15 is 0 Å². The molecule has 3 aliphatic rings. The fraction of sp³-hybridized carbons (Fsp3) is 0.812. The highest BCUT2D eigenvalue weighted by molar-refractivity contribution is 5.72. The first-order valence-corrected chi connectivity index (χ1v) is 7.45. The largest absolute Gasteiger partial charge is 0.491 e. The molecular weight excluding hydrogens is 256 g/mol. The summed E-state index contributed by atoms with van der Waals surface area (Å²) in [5, 5.41) is 0. The van der Waals surface area contributed by atoms with Crippen molar-refractivity contribution < 1.29 is 19.0 Å². The van der Waals surface area contributed by atoms with Crippen molar-refractivity contribution in [2.75, 3.05) is 13.7 Å². The summed E-state index contributed by atoms with van der Waals surface area (Å²) < 4.78 is 17.1. The number of esters is 1. The summed E-state index contributed by atoms with van der Waals surface area (Å²) in [6.07, 6.45) is 6.71. The van der Waals surface area contributed by atoms with Crippen molar-refractivity contribution in [1.82, 2.24) is 0 Å². The molecule has 1 spiro atoms. The van der Waals surface area contributed by atoms with E-state index in [9.17, 15) is 4.79 Å². The number of ether oxygens (including phenoxy) is 3. The molecule has 0 aromatic heterocycles. The Kier molecular flexibility index (Phi) is 2.95. The zero-order valence-electron chi connectivity index (χ0n) is 12.8.